The molecule has 3 rings (SSSR count). The van der Waals surface area contributed by atoms with Gasteiger partial charge in [-0.05, 0) is 80.9 Å². The van der Waals surface area contributed by atoms with Gasteiger partial charge in [0.1, 0.15) is 0 Å². The average Bonchev–Trinajstić information content (AvgIpc) is 3.30. The molecule has 0 saturated heterocycles. The summed E-state index contributed by atoms with van der Waals surface area (Å²) >= 11 is 0. The Hall–Kier alpha value is -4.14. The molecule has 0 aromatic carbocycles. The Labute approximate surface area is 195 Å². The van der Waals surface area contributed by atoms with E-state index in [1.807, 2.05) is 6.92 Å². The Balaban J connectivity index is 2.19. The van der Waals surface area contributed by atoms with Crippen molar-refractivity contribution in [3.05, 3.63) is 62.4 Å². The van der Waals surface area contributed by atoms with Gasteiger partial charge in [0.2, 0.25) is 0 Å². The Bertz CT molecular complexity index is 1380. The molecule has 3 N–H and O–H groups in total. The van der Waals surface area contributed by atoms with Crippen LogP contribution in [0.5, 0.6) is 5.88 Å². The van der Waals surface area contributed by atoms with Gasteiger partial charge < -0.3 is 34.9 Å². The molecule has 9 heteroatoms. The number of rotatable bonds is 9. The molecule has 0 saturated carbocycles. The second-order valence-corrected chi connectivity index (χ2v) is 8.12. The number of carboxylic acid groups (broad SMARTS) is 2. The van der Waals surface area contributed by atoms with Gasteiger partial charge in [-0.15, -0.1) is 0 Å². The number of carbonyl (C=O) groups excluding carboxylic acids is 3. The quantitative estimate of drug-likeness (QED) is 0.438. The lowest BCUT2D eigenvalue weighted by Gasteiger charge is -2.04. The smallest absolute Gasteiger partial charge is 0.277 e. The molecule has 1 amide bonds. The summed E-state index contributed by atoms with van der Waals surface area (Å²) in [6.07, 6.45) is 4.79. The molecule has 0 spiro atoms. The molecule has 1 aliphatic rings. The van der Waals surface area contributed by atoms with Crippen LogP contribution < -0.4 is 20.9 Å². The van der Waals surface area contributed by atoms with E-state index in [4.69, 9.17) is 0 Å². The van der Waals surface area contributed by atoms with Gasteiger partial charge in [0.25, 0.3) is 5.91 Å². The number of aromatic nitrogens is 2. The molecule has 2 aromatic heterocycles. The first kappa shape index (κ1) is 24.5. The number of nitrogens with zero attached hydrogens (tertiary/aromatic N) is 1. The minimum absolute atomic E-state index is 0.0810. The second-order valence-electron chi connectivity index (χ2n) is 8.12. The van der Waals surface area contributed by atoms with Crippen LogP contribution in [0.1, 0.15) is 47.7 Å². The van der Waals surface area contributed by atoms with Crippen LogP contribution in [0.2, 0.25) is 0 Å². The number of aromatic amines is 2. The lowest BCUT2D eigenvalue weighted by molar-refractivity contribution is -0.307. The monoisotopic (exact) mass is 463 g/mol. The van der Waals surface area contributed by atoms with Gasteiger partial charge in [-0.1, -0.05) is 12.7 Å². The summed E-state index contributed by atoms with van der Waals surface area (Å²) in [5.41, 5.74) is 4.71. The van der Waals surface area contributed by atoms with Gasteiger partial charge in [0.05, 0.1) is 5.71 Å². The van der Waals surface area contributed by atoms with Crippen molar-refractivity contribution in [2.45, 2.75) is 46.5 Å². The minimum atomic E-state index is -1.21. The van der Waals surface area contributed by atoms with E-state index in [9.17, 15) is 29.7 Å². The summed E-state index contributed by atoms with van der Waals surface area (Å²) in [6.45, 7) is 8.91. The Morgan fingerprint density at radius 3 is 2.15 bits per heavy atom. The second kappa shape index (κ2) is 9.78. The molecule has 1 aliphatic heterocycles. The third kappa shape index (κ3) is 4.93. The molecule has 0 atom stereocenters. The molecule has 0 bridgehead atoms. The molecule has 178 valence electrons. The van der Waals surface area contributed by atoms with Crippen LogP contribution in [-0.4, -0.2) is 38.6 Å². The number of H-pyrrole nitrogens is 2. The highest BCUT2D eigenvalue weighted by atomic mass is 16.4. The minimum Gasteiger partial charge on any atom is -0.550 e. The van der Waals surface area contributed by atoms with Crippen LogP contribution in [0.4, 0.5) is 0 Å². The number of hydrogen-bond donors (Lipinski definition) is 3. The first-order valence-electron chi connectivity index (χ1n) is 10.7. The van der Waals surface area contributed by atoms with E-state index < -0.39 is 11.9 Å². The average molecular weight is 463 g/mol. The fraction of sp³-hybridized carbons (Fsp3) is 0.280. The summed E-state index contributed by atoms with van der Waals surface area (Å²) in [7, 11) is 0. The zero-order chi connectivity index (χ0) is 25.2. The zero-order valence-corrected chi connectivity index (χ0v) is 19.2. The van der Waals surface area contributed by atoms with Crippen molar-refractivity contribution < 1.29 is 29.7 Å². The van der Waals surface area contributed by atoms with Crippen LogP contribution in [-0.2, 0) is 27.2 Å². The molecular formula is C25H25N3O6-2. The summed E-state index contributed by atoms with van der Waals surface area (Å²) in [6, 6.07) is 0. The molecule has 2 aromatic rings. The van der Waals surface area contributed by atoms with Crippen LogP contribution in [0, 0.1) is 13.8 Å². The first-order valence-corrected chi connectivity index (χ1v) is 10.7. The van der Waals surface area contributed by atoms with Crippen LogP contribution >= 0.6 is 0 Å². The standard InChI is InChI=1S/C25H27N3O6/c1-5-15-12(2)19(27-25(15)34)10-18-13(3)16(6-8-22(29)30)20(26-18)11-21-17(7-9-23(31)32)14(4)24(33)28-21/h5,10-11,26,28,33H,1,6-9H2,2-4H3,(H,29,30)(H,31,32)/p-2/b18-10+,20-11+. The van der Waals surface area contributed by atoms with Gasteiger partial charge in [0, 0.05) is 39.5 Å². The van der Waals surface area contributed by atoms with E-state index in [0.717, 1.165) is 5.56 Å². The van der Waals surface area contributed by atoms with Crippen molar-refractivity contribution in [1.82, 2.24) is 9.97 Å². The summed E-state index contributed by atoms with van der Waals surface area (Å²) in [5, 5.41) is 33.5. The van der Waals surface area contributed by atoms with Crippen LogP contribution in [0.25, 0.3) is 12.2 Å². The summed E-state index contributed by atoms with van der Waals surface area (Å²) < 4.78 is 0. The van der Waals surface area contributed by atoms with E-state index in [-0.39, 0.29) is 37.5 Å². The Morgan fingerprint density at radius 2 is 1.59 bits per heavy atom. The molecule has 9 nitrogen and oxygen atoms in total. The molecular weight excluding hydrogens is 438 g/mol. The number of aliphatic imine (C=N–C) groups is 1. The lowest BCUT2D eigenvalue weighted by atomic mass is 10.0. The molecule has 0 fully saturated rings. The van der Waals surface area contributed by atoms with E-state index in [1.165, 1.54) is 6.08 Å². The van der Waals surface area contributed by atoms with E-state index in [2.05, 4.69) is 21.5 Å². The van der Waals surface area contributed by atoms with Crippen molar-refractivity contribution >= 4 is 35.7 Å². The lowest BCUT2D eigenvalue weighted by Crippen LogP contribution is -2.23. The summed E-state index contributed by atoms with van der Waals surface area (Å²) in [5.74, 6) is -2.85. The van der Waals surface area contributed by atoms with E-state index in [1.54, 1.807) is 26.0 Å². The maximum atomic E-state index is 12.1. The third-order valence-corrected chi connectivity index (χ3v) is 6.01. The highest BCUT2D eigenvalue weighted by Crippen LogP contribution is 2.25. The fourth-order valence-corrected chi connectivity index (χ4v) is 4.02. The normalized spacial score (nSPS) is 14.8. The van der Waals surface area contributed by atoms with Crippen molar-refractivity contribution in [3.8, 4) is 5.88 Å². The third-order valence-electron chi connectivity index (χ3n) is 6.01. The van der Waals surface area contributed by atoms with Gasteiger partial charge in [-0.25, -0.2) is 4.99 Å². The van der Waals surface area contributed by atoms with E-state index >= 15 is 0 Å². The highest BCUT2D eigenvalue weighted by molar-refractivity contribution is 6.31. The molecule has 0 unspecified atom stereocenters. The summed E-state index contributed by atoms with van der Waals surface area (Å²) in [4.78, 5) is 44.3. The molecule has 0 radical (unpaired) electrons. The van der Waals surface area contributed by atoms with Gasteiger partial charge in [-0.3, -0.25) is 4.79 Å². The first-order chi connectivity index (χ1) is 16.0. The van der Waals surface area contributed by atoms with E-state index in [0.29, 0.717) is 49.9 Å². The maximum Gasteiger partial charge on any atom is 0.277 e. The van der Waals surface area contributed by atoms with Gasteiger partial charge in [0.15, 0.2) is 5.88 Å². The maximum absolute atomic E-state index is 12.1. The molecule has 3 heterocycles. The van der Waals surface area contributed by atoms with Crippen molar-refractivity contribution in [2.75, 3.05) is 0 Å². The zero-order valence-electron chi connectivity index (χ0n) is 19.2. The number of aromatic hydroxyl groups is 1. The van der Waals surface area contributed by atoms with Crippen molar-refractivity contribution in [1.29, 1.82) is 0 Å². The van der Waals surface area contributed by atoms with Crippen LogP contribution in [0.3, 0.4) is 0 Å². The van der Waals surface area contributed by atoms with Gasteiger partial charge >= 0.3 is 0 Å². The number of allylic oxidation sites excluding steroid dienone is 1. The van der Waals surface area contributed by atoms with Gasteiger partial charge in [-0.2, -0.15) is 0 Å². The topological polar surface area (TPSA) is 162 Å². The fourth-order valence-electron chi connectivity index (χ4n) is 4.02. The molecule has 0 aliphatic carbocycles. The number of nitrogens with one attached hydrogen (secondary N) is 2. The van der Waals surface area contributed by atoms with Crippen LogP contribution in [0.15, 0.2) is 28.8 Å². The predicted molar refractivity (Wildman–Crippen MR) is 122 cm³/mol. The number of amides is 1. The SMILES string of the molecule is C=CC1=C(C)C(/C=c2/[nH]/c(=C/c3[nH]c(O)c(C)c3CCC(=O)[O-])c(CCC(=O)[O-])c2C)=NC1=O. The van der Waals surface area contributed by atoms with Crippen molar-refractivity contribution in [2.24, 2.45) is 4.99 Å². The number of aliphatic carboxylic acids is 2. The Morgan fingerprint density at radius 1 is 0.971 bits per heavy atom. The largest absolute Gasteiger partial charge is 0.550 e. The number of hydrogen-bond acceptors (Lipinski definition) is 6. The highest BCUT2D eigenvalue weighted by Gasteiger charge is 2.20. The number of carbonyl (C=O) groups is 3. The van der Waals surface area contributed by atoms with Crippen molar-refractivity contribution in [3.63, 3.8) is 0 Å². The number of carboxylic acids is 2. The molecule has 34 heavy (non-hydrogen) atoms. The Kier molecular flexibility index (Phi) is 7.05. The predicted octanol–water partition coefficient (Wildman–Crippen LogP) is -0.877.